The molecule has 0 aliphatic rings. The van der Waals surface area contributed by atoms with Gasteiger partial charge in [-0.25, -0.2) is 8.42 Å². The van der Waals surface area contributed by atoms with Crippen molar-refractivity contribution in [1.29, 1.82) is 0 Å². The number of rotatable bonds is 4. The first-order valence-corrected chi connectivity index (χ1v) is 6.45. The van der Waals surface area contributed by atoms with E-state index in [1.165, 1.54) is 30.0 Å². The third-order valence-corrected chi connectivity index (χ3v) is 3.68. The Labute approximate surface area is 107 Å². The number of halogens is 4. The molecule has 0 spiro atoms. The third-order valence-electron chi connectivity index (χ3n) is 1.91. The molecule has 9 heteroatoms. The van der Waals surface area contributed by atoms with Crippen LogP contribution >= 0.6 is 11.6 Å². The van der Waals surface area contributed by atoms with E-state index in [0.717, 1.165) is 0 Å². The molecule has 0 aliphatic carbocycles. The number of hydrogen-bond donors (Lipinski definition) is 1. The van der Waals surface area contributed by atoms with Crippen molar-refractivity contribution in [3.63, 3.8) is 0 Å². The quantitative estimate of drug-likeness (QED) is 0.869. The number of nitrogens with one attached hydrogen (secondary N) is 1. The first-order valence-electron chi connectivity index (χ1n) is 4.59. The van der Waals surface area contributed by atoms with Gasteiger partial charge in [0, 0.05) is 5.02 Å². The smallest absolute Gasteiger partial charge is 0.277 e. The summed E-state index contributed by atoms with van der Waals surface area (Å²) in [5.74, 6) is 0. The van der Waals surface area contributed by atoms with Crippen LogP contribution in [-0.2, 0) is 14.9 Å². The molecule has 0 radical (unpaired) electrons. The average molecular weight is 304 g/mol. The van der Waals surface area contributed by atoms with Gasteiger partial charge in [0.05, 0.1) is 4.90 Å². The second-order valence-corrected chi connectivity index (χ2v) is 5.37. The highest BCUT2D eigenvalue weighted by Gasteiger charge is 2.29. The minimum Gasteiger partial charge on any atom is -0.277 e. The summed E-state index contributed by atoms with van der Waals surface area (Å²) >= 11 is 5.71. The van der Waals surface area contributed by atoms with E-state index in [0.29, 0.717) is 0 Å². The molecule has 0 bridgehead atoms. The Morgan fingerprint density at radius 1 is 1.39 bits per heavy atom. The highest BCUT2D eigenvalue weighted by atomic mass is 35.5. The molecule has 0 unspecified atom stereocenters. The molecule has 0 fully saturated rings. The van der Waals surface area contributed by atoms with Crippen LogP contribution in [0.4, 0.5) is 13.2 Å². The molecule has 0 amide bonds. The average Bonchev–Trinajstić information content (AvgIpc) is 2.19. The van der Waals surface area contributed by atoms with E-state index < -0.39 is 22.8 Å². The van der Waals surface area contributed by atoms with Gasteiger partial charge in [-0.15, -0.1) is 0 Å². The minimum atomic E-state index is -4.62. The monoisotopic (exact) mass is 303 g/mol. The van der Waals surface area contributed by atoms with Gasteiger partial charge in [-0.2, -0.15) is 13.2 Å². The standard InChI is InChI=1S/C9H9ClF3NO3S/c1-6-7(10)3-2-4-8(6)18(15,16)14-17-5-9(11,12)13/h2-4,14H,5H2,1H3. The minimum absolute atomic E-state index is 0.189. The van der Waals surface area contributed by atoms with Crippen molar-refractivity contribution in [3.8, 4) is 0 Å². The molecule has 0 aliphatic heterocycles. The zero-order valence-electron chi connectivity index (χ0n) is 9.08. The van der Waals surface area contributed by atoms with E-state index in [1.807, 2.05) is 0 Å². The van der Waals surface area contributed by atoms with E-state index in [4.69, 9.17) is 11.6 Å². The largest absolute Gasteiger partial charge is 0.413 e. The van der Waals surface area contributed by atoms with Gasteiger partial charge < -0.3 is 0 Å². The van der Waals surface area contributed by atoms with Gasteiger partial charge in [0.2, 0.25) is 0 Å². The summed E-state index contributed by atoms with van der Waals surface area (Å²) in [6.45, 7) is -0.285. The fourth-order valence-electron chi connectivity index (χ4n) is 1.11. The van der Waals surface area contributed by atoms with Crippen LogP contribution in [0.15, 0.2) is 23.1 Å². The maximum Gasteiger partial charge on any atom is 0.413 e. The molecule has 0 saturated heterocycles. The maximum atomic E-state index is 11.8. The van der Waals surface area contributed by atoms with Crippen LogP contribution in [0.25, 0.3) is 0 Å². The van der Waals surface area contributed by atoms with E-state index in [-0.39, 0.29) is 15.5 Å². The molecule has 0 atom stereocenters. The molecule has 102 valence electrons. The van der Waals surface area contributed by atoms with Gasteiger partial charge in [0.25, 0.3) is 10.0 Å². The summed E-state index contributed by atoms with van der Waals surface area (Å²) in [6, 6.07) is 4.04. The Kier molecular flexibility index (Phi) is 4.60. The van der Waals surface area contributed by atoms with Crippen molar-refractivity contribution >= 4 is 21.6 Å². The fraction of sp³-hybridized carbons (Fsp3) is 0.333. The molecule has 0 saturated carbocycles. The number of alkyl halides is 3. The Balaban J connectivity index is 2.84. The van der Waals surface area contributed by atoms with Gasteiger partial charge in [-0.05, 0) is 24.6 Å². The predicted octanol–water partition coefficient (Wildman–Crippen LogP) is 2.42. The van der Waals surface area contributed by atoms with Gasteiger partial charge >= 0.3 is 6.18 Å². The van der Waals surface area contributed by atoms with Crippen molar-refractivity contribution in [1.82, 2.24) is 4.89 Å². The highest BCUT2D eigenvalue weighted by molar-refractivity contribution is 7.89. The second-order valence-electron chi connectivity index (χ2n) is 3.35. The molecule has 1 rings (SSSR count). The van der Waals surface area contributed by atoms with Crippen molar-refractivity contribution in [2.75, 3.05) is 6.61 Å². The summed E-state index contributed by atoms with van der Waals surface area (Å²) in [5, 5.41) is 0.189. The molecule has 0 aromatic heterocycles. The molecule has 1 aromatic carbocycles. The van der Waals surface area contributed by atoms with Crippen molar-refractivity contribution in [3.05, 3.63) is 28.8 Å². The lowest BCUT2D eigenvalue weighted by Crippen LogP contribution is -2.30. The molecule has 4 nitrogen and oxygen atoms in total. The van der Waals surface area contributed by atoms with Crippen molar-refractivity contribution in [2.24, 2.45) is 0 Å². The lowest BCUT2D eigenvalue weighted by Gasteiger charge is -2.11. The Hall–Kier alpha value is -0.830. The van der Waals surface area contributed by atoms with E-state index in [1.54, 1.807) is 0 Å². The lowest BCUT2D eigenvalue weighted by atomic mass is 10.2. The predicted molar refractivity (Wildman–Crippen MR) is 58.5 cm³/mol. The second kappa shape index (κ2) is 5.43. The maximum absolute atomic E-state index is 11.8. The lowest BCUT2D eigenvalue weighted by molar-refractivity contribution is -0.181. The molecule has 1 N–H and O–H groups in total. The number of benzene rings is 1. The Morgan fingerprint density at radius 2 is 2.00 bits per heavy atom. The normalized spacial score (nSPS) is 12.7. The van der Waals surface area contributed by atoms with Gasteiger partial charge in [0.15, 0.2) is 6.61 Å². The summed E-state index contributed by atoms with van der Waals surface area (Å²) in [5.41, 5.74) is 0.224. The van der Waals surface area contributed by atoms with Gasteiger partial charge in [-0.3, -0.25) is 4.84 Å². The molecular weight excluding hydrogens is 295 g/mol. The first kappa shape index (κ1) is 15.2. The summed E-state index contributed by atoms with van der Waals surface area (Å²) in [6.07, 6.45) is -4.62. The van der Waals surface area contributed by atoms with Crippen LogP contribution in [0.3, 0.4) is 0 Å². The molecule has 1 aromatic rings. The van der Waals surface area contributed by atoms with Crippen molar-refractivity contribution < 1.29 is 26.4 Å². The Bertz CT molecular complexity index is 530. The highest BCUT2D eigenvalue weighted by Crippen LogP contribution is 2.22. The van der Waals surface area contributed by atoms with Crippen LogP contribution in [0.2, 0.25) is 5.02 Å². The zero-order valence-corrected chi connectivity index (χ0v) is 10.7. The first-order chi connectivity index (χ1) is 8.13. The van der Waals surface area contributed by atoms with Crippen LogP contribution in [0.1, 0.15) is 5.56 Å². The molecular formula is C9H9ClF3NO3S. The summed E-state index contributed by atoms with van der Waals surface area (Å²) < 4.78 is 58.6. The van der Waals surface area contributed by atoms with Crippen molar-refractivity contribution in [2.45, 2.75) is 18.0 Å². The number of hydrogen-bond acceptors (Lipinski definition) is 3. The van der Waals surface area contributed by atoms with Crippen LogP contribution in [0.5, 0.6) is 0 Å². The third kappa shape index (κ3) is 4.13. The fourth-order valence-corrected chi connectivity index (χ4v) is 2.42. The Morgan fingerprint density at radius 3 is 2.56 bits per heavy atom. The SMILES string of the molecule is Cc1c(Cl)cccc1S(=O)(=O)NOCC(F)(F)F. The van der Waals surface area contributed by atoms with E-state index in [9.17, 15) is 21.6 Å². The van der Waals surface area contributed by atoms with Crippen LogP contribution in [-0.4, -0.2) is 21.2 Å². The molecule has 18 heavy (non-hydrogen) atoms. The van der Waals surface area contributed by atoms with Crippen LogP contribution in [0, 0.1) is 6.92 Å². The topological polar surface area (TPSA) is 55.4 Å². The van der Waals surface area contributed by atoms with Gasteiger partial charge in [0.1, 0.15) is 0 Å². The number of sulfonamides is 1. The molecule has 0 heterocycles. The van der Waals surface area contributed by atoms with Crippen LogP contribution < -0.4 is 4.89 Å². The summed E-state index contributed by atoms with van der Waals surface area (Å²) in [7, 11) is -4.19. The van der Waals surface area contributed by atoms with E-state index >= 15 is 0 Å². The summed E-state index contributed by atoms with van der Waals surface area (Å²) in [4.78, 5) is 5.06. The van der Waals surface area contributed by atoms with Gasteiger partial charge in [-0.1, -0.05) is 22.6 Å². The zero-order chi connectivity index (χ0) is 14.0. The van der Waals surface area contributed by atoms with E-state index in [2.05, 4.69) is 4.84 Å².